The highest BCUT2D eigenvalue weighted by Gasteiger charge is 2.18. The zero-order valence-electron chi connectivity index (χ0n) is 12.4. The molecule has 0 aliphatic rings. The maximum Gasteiger partial charge on any atom is 0.341 e. The van der Waals surface area contributed by atoms with E-state index in [2.05, 4.69) is 10.4 Å². The van der Waals surface area contributed by atoms with Crippen molar-refractivity contribution in [1.82, 2.24) is 9.78 Å². The van der Waals surface area contributed by atoms with Crippen molar-refractivity contribution < 1.29 is 14.6 Å². The summed E-state index contributed by atoms with van der Waals surface area (Å²) in [5.74, 6) is 0.377. The molecule has 6 nitrogen and oxygen atoms in total. The van der Waals surface area contributed by atoms with Crippen LogP contribution in [-0.2, 0) is 13.5 Å². The van der Waals surface area contributed by atoms with E-state index in [0.29, 0.717) is 18.1 Å². The summed E-state index contributed by atoms with van der Waals surface area (Å²) in [5.41, 5.74) is 1.86. The second-order valence-corrected chi connectivity index (χ2v) is 4.77. The molecule has 0 aliphatic carbocycles. The van der Waals surface area contributed by atoms with E-state index >= 15 is 0 Å². The molecule has 0 saturated carbocycles. The number of hydrogen-bond acceptors (Lipinski definition) is 4. The van der Waals surface area contributed by atoms with Gasteiger partial charge in [0.05, 0.1) is 12.8 Å². The van der Waals surface area contributed by atoms with Crippen LogP contribution in [0.3, 0.4) is 0 Å². The van der Waals surface area contributed by atoms with Gasteiger partial charge in [-0.2, -0.15) is 5.10 Å². The minimum Gasteiger partial charge on any atom is -0.497 e. The summed E-state index contributed by atoms with van der Waals surface area (Å²) in [6.45, 7) is 2.31. The average Bonchev–Trinajstić information content (AvgIpc) is 2.73. The van der Waals surface area contributed by atoms with Crippen LogP contribution in [0.15, 0.2) is 24.3 Å². The highest BCUT2D eigenvalue weighted by atomic mass is 16.5. The van der Waals surface area contributed by atoms with Crippen LogP contribution in [0.25, 0.3) is 0 Å². The van der Waals surface area contributed by atoms with Gasteiger partial charge in [0, 0.05) is 13.6 Å². The Bertz CT molecular complexity index is 650. The second-order valence-electron chi connectivity index (χ2n) is 4.77. The predicted molar refractivity (Wildman–Crippen MR) is 80.1 cm³/mol. The first-order valence-electron chi connectivity index (χ1n) is 6.66. The number of rotatable bonds is 6. The van der Waals surface area contributed by atoms with Gasteiger partial charge >= 0.3 is 5.97 Å². The Morgan fingerprint density at radius 3 is 2.90 bits per heavy atom. The van der Waals surface area contributed by atoms with Crippen molar-refractivity contribution in [2.75, 3.05) is 19.0 Å². The molecule has 0 amide bonds. The summed E-state index contributed by atoms with van der Waals surface area (Å²) in [6, 6.07) is 7.81. The normalized spacial score (nSPS) is 10.4. The summed E-state index contributed by atoms with van der Waals surface area (Å²) in [7, 11) is 3.36. The Labute approximate surface area is 123 Å². The van der Waals surface area contributed by atoms with Gasteiger partial charge in [-0.1, -0.05) is 12.1 Å². The van der Waals surface area contributed by atoms with Crippen molar-refractivity contribution in [1.29, 1.82) is 0 Å². The fourth-order valence-electron chi connectivity index (χ4n) is 2.27. The number of methoxy groups -OCH3 is 1. The van der Waals surface area contributed by atoms with Gasteiger partial charge in [-0.15, -0.1) is 0 Å². The smallest absolute Gasteiger partial charge is 0.341 e. The average molecular weight is 289 g/mol. The van der Waals surface area contributed by atoms with Gasteiger partial charge in [-0.25, -0.2) is 4.79 Å². The van der Waals surface area contributed by atoms with E-state index in [4.69, 9.17) is 4.74 Å². The summed E-state index contributed by atoms with van der Waals surface area (Å²) in [5, 5.41) is 16.5. The maximum absolute atomic E-state index is 11.3. The molecule has 1 aromatic heterocycles. The molecule has 0 radical (unpaired) electrons. The molecule has 21 heavy (non-hydrogen) atoms. The monoisotopic (exact) mass is 289 g/mol. The minimum atomic E-state index is -0.968. The molecule has 1 aromatic carbocycles. The largest absolute Gasteiger partial charge is 0.497 e. The minimum absolute atomic E-state index is 0.225. The van der Waals surface area contributed by atoms with Crippen LogP contribution in [-0.4, -0.2) is 34.5 Å². The maximum atomic E-state index is 11.3. The molecular weight excluding hydrogens is 270 g/mol. The Kier molecular flexibility index (Phi) is 4.47. The zero-order chi connectivity index (χ0) is 15.4. The molecule has 1 heterocycles. The molecule has 2 N–H and O–H groups in total. The third-order valence-corrected chi connectivity index (χ3v) is 3.28. The quantitative estimate of drug-likeness (QED) is 0.851. The number of nitrogens with zero attached hydrogens (tertiary/aromatic N) is 2. The number of carbonyl (C=O) groups is 1. The van der Waals surface area contributed by atoms with Crippen molar-refractivity contribution in [2.45, 2.75) is 13.3 Å². The van der Waals surface area contributed by atoms with Crippen molar-refractivity contribution in [2.24, 2.45) is 7.05 Å². The van der Waals surface area contributed by atoms with E-state index in [1.54, 1.807) is 25.8 Å². The SMILES string of the molecule is COc1cccc(CCNc2c(C(=O)O)c(C)nn2C)c1. The van der Waals surface area contributed by atoms with Gasteiger partial charge in [0.2, 0.25) is 0 Å². The third-order valence-electron chi connectivity index (χ3n) is 3.28. The van der Waals surface area contributed by atoms with E-state index in [1.807, 2.05) is 24.3 Å². The third kappa shape index (κ3) is 3.34. The topological polar surface area (TPSA) is 76.4 Å². The predicted octanol–water partition coefficient (Wildman–Crippen LogP) is 2.09. The molecule has 0 unspecified atom stereocenters. The van der Waals surface area contributed by atoms with Crippen LogP contribution < -0.4 is 10.1 Å². The Balaban J connectivity index is 2.05. The first kappa shape index (κ1) is 14.9. The number of carboxylic acid groups (broad SMARTS) is 1. The number of carboxylic acids is 1. The van der Waals surface area contributed by atoms with Crippen LogP contribution >= 0.6 is 0 Å². The van der Waals surface area contributed by atoms with E-state index in [-0.39, 0.29) is 5.56 Å². The van der Waals surface area contributed by atoms with Gasteiger partial charge in [0.15, 0.2) is 0 Å². The summed E-state index contributed by atoms with van der Waals surface area (Å²) >= 11 is 0. The molecule has 0 bridgehead atoms. The zero-order valence-corrected chi connectivity index (χ0v) is 12.4. The molecular formula is C15H19N3O3. The number of aryl methyl sites for hydroxylation is 2. The highest BCUT2D eigenvalue weighted by Crippen LogP contribution is 2.19. The lowest BCUT2D eigenvalue weighted by Gasteiger charge is -2.09. The Hall–Kier alpha value is -2.50. The number of benzene rings is 1. The Morgan fingerprint density at radius 1 is 1.48 bits per heavy atom. The molecule has 2 rings (SSSR count). The number of anilines is 1. The van der Waals surface area contributed by atoms with Crippen molar-refractivity contribution in [3.8, 4) is 5.75 Å². The molecule has 0 saturated heterocycles. The fraction of sp³-hybridized carbons (Fsp3) is 0.333. The van der Waals surface area contributed by atoms with Gasteiger partial charge in [-0.3, -0.25) is 4.68 Å². The summed E-state index contributed by atoms with van der Waals surface area (Å²) in [4.78, 5) is 11.3. The van der Waals surface area contributed by atoms with Crippen LogP contribution in [0.5, 0.6) is 5.75 Å². The molecule has 0 fully saturated rings. The fourth-order valence-corrected chi connectivity index (χ4v) is 2.27. The standard InChI is InChI=1S/C15H19N3O3/c1-10-13(15(19)20)14(18(2)17-10)16-8-7-11-5-4-6-12(9-11)21-3/h4-6,9,16H,7-8H2,1-3H3,(H,19,20). The number of nitrogens with one attached hydrogen (secondary N) is 1. The number of aromatic nitrogens is 2. The van der Waals surface area contributed by atoms with Gasteiger partial charge < -0.3 is 15.2 Å². The molecule has 2 aromatic rings. The lowest BCUT2D eigenvalue weighted by atomic mass is 10.1. The highest BCUT2D eigenvalue weighted by molar-refractivity contribution is 5.94. The molecule has 6 heteroatoms. The first-order valence-corrected chi connectivity index (χ1v) is 6.66. The van der Waals surface area contributed by atoms with Crippen LogP contribution in [0.1, 0.15) is 21.6 Å². The van der Waals surface area contributed by atoms with E-state index in [9.17, 15) is 9.90 Å². The molecule has 0 atom stereocenters. The number of ether oxygens (including phenoxy) is 1. The first-order chi connectivity index (χ1) is 10.0. The van der Waals surface area contributed by atoms with Gasteiger partial charge in [0.25, 0.3) is 0 Å². The molecule has 112 valence electrons. The lowest BCUT2D eigenvalue weighted by molar-refractivity contribution is 0.0697. The lowest BCUT2D eigenvalue weighted by Crippen LogP contribution is -2.12. The van der Waals surface area contributed by atoms with Gasteiger partial charge in [0.1, 0.15) is 17.1 Å². The van der Waals surface area contributed by atoms with Crippen LogP contribution in [0.4, 0.5) is 5.82 Å². The van der Waals surface area contributed by atoms with Gasteiger partial charge in [-0.05, 0) is 31.0 Å². The van der Waals surface area contributed by atoms with Crippen molar-refractivity contribution in [3.05, 3.63) is 41.1 Å². The van der Waals surface area contributed by atoms with Crippen LogP contribution in [0.2, 0.25) is 0 Å². The number of hydrogen-bond donors (Lipinski definition) is 2. The molecule has 0 aliphatic heterocycles. The summed E-state index contributed by atoms with van der Waals surface area (Å²) in [6.07, 6.45) is 0.764. The number of aromatic carboxylic acids is 1. The van der Waals surface area contributed by atoms with Crippen molar-refractivity contribution in [3.63, 3.8) is 0 Å². The van der Waals surface area contributed by atoms with E-state index < -0.39 is 5.97 Å². The van der Waals surface area contributed by atoms with Crippen LogP contribution in [0, 0.1) is 6.92 Å². The van der Waals surface area contributed by atoms with Crippen molar-refractivity contribution >= 4 is 11.8 Å². The Morgan fingerprint density at radius 2 is 2.24 bits per heavy atom. The van der Waals surface area contributed by atoms with E-state index in [0.717, 1.165) is 17.7 Å². The second kappa shape index (κ2) is 6.30. The van der Waals surface area contributed by atoms with E-state index in [1.165, 1.54) is 0 Å². The molecule has 0 spiro atoms. The summed E-state index contributed by atoms with van der Waals surface area (Å²) < 4.78 is 6.74.